The Hall–Kier alpha value is -0.820. The summed E-state index contributed by atoms with van der Waals surface area (Å²) in [7, 11) is -3.11. The summed E-state index contributed by atoms with van der Waals surface area (Å²) in [6.07, 6.45) is 1.18. The van der Waals surface area contributed by atoms with Crippen LogP contribution in [0.4, 0.5) is 0 Å². The van der Waals surface area contributed by atoms with E-state index in [-0.39, 0.29) is 18.9 Å². The van der Waals surface area contributed by atoms with Crippen LogP contribution in [0.1, 0.15) is 13.8 Å². The molecule has 7 heteroatoms. The van der Waals surface area contributed by atoms with Crippen LogP contribution < -0.4 is 11.1 Å². The first-order valence-corrected chi connectivity index (χ1v) is 5.96. The van der Waals surface area contributed by atoms with Crippen LogP contribution in [0, 0.1) is 0 Å². The molecule has 4 N–H and O–H groups in total. The minimum Gasteiger partial charge on any atom is -0.409 e. The number of rotatable bonds is 5. The average molecular weight is 223 g/mol. The van der Waals surface area contributed by atoms with E-state index in [0.717, 1.165) is 0 Å². The molecule has 0 bridgehead atoms. The summed E-state index contributed by atoms with van der Waals surface area (Å²) < 4.78 is 21.6. The Balaban J connectivity index is 4.15. The standard InChI is InChI=1S/C7H17N3O3S/c1-7(2,14(3,12)13)5-9-4-6(8)10-11/h9,11H,4-5H2,1-3H3,(H2,8,10). The molecule has 0 aromatic rings. The van der Waals surface area contributed by atoms with Crippen molar-refractivity contribution >= 4 is 15.7 Å². The Morgan fingerprint density at radius 3 is 2.43 bits per heavy atom. The summed E-state index contributed by atoms with van der Waals surface area (Å²) in [6.45, 7) is 3.64. The summed E-state index contributed by atoms with van der Waals surface area (Å²) in [5, 5.41) is 13.8. The van der Waals surface area contributed by atoms with Gasteiger partial charge in [-0.2, -0.15) is 0 Å². The largest absolute Gasteiger partial charge is 0.409 e. The van der Waals surface area contributed by atoms with Crippen LogP contribution in [0.15, 0.2) is 5.16 Å². The molecule has 0 radical (unpaired) electrons. The number of oxime groups is 1. The number of sulfone groups is 1. The molecule has 0 amide bonds. The van der Waals surface area contributed by atoms with E-state index < -0.39 is 14.6 Å². The second-order valence-electron chi connectivity index (χ2n) is 3.73. The highest BCUT2D eigenvalue weighted by Crippen LogP contribution is 2.12. The van der Waals surface area contributed by atoms with Crippen LogP contribution in [-0.4, -0.2) is 43.6 Å². The molecule has 0 saturated carbocycles. The molecule has 0 spiro atoms. The molecule has 0 unspecified atom stereocenters. The predicted octanol–water partition coefficient (Wildman–Crippen LogP) is -0.854. The van der Waals surface area contributed by atoms with E-state index in [0.29, 0.717) is 0 Å². The molecule has 0 heterocycles. The summed E-state index contributed by atoms with van der Waals surface area (Å²) in [4.78, 5) is 0. The van der Waals surface area contributed by atoms with Crippen molar-refractivity contribution in [3.05, 3.63) is 0 Å². The molecule has 6 nitrogen and oxygen atoms in total. The summed E-state index contributed by atoms with van der Waals surface area (Å²) in [6, 6.07) is 0. The molecule has 0 aromatic heterocycles. The van der Waals surface area contributed by atoms with Gasteiger partial charge in [0.05, 0.1) is 11.3 Å². The zero-order valence-corrected chi connectivity index (χ0v) is 9.43. The Bertz CT molecular complexity index is 308. The Morgan fingerprint density at radius 2 is 2.07 bits per heavy atom. The predicted molar refractivity (Wildman–Crippen MR) is 55.2 cm³/mol. The molecule has 0 rings (SSSR count). The fourth-order valence-corrected chi connectivity index (χ4v) is 1.02. The topological polar surface area (TPSA) is 105 Å². The van der Waals surface area contributed by atoms with Gasteiger partial charge < -0.3 is 16.3 Å². The third kappa shape index (κ3) is 3.93. The zero-order valence-electron chi connectivity index (χ0n) is 8.61. The minimum atomic E-state index is -3.11. The maximum atomic E-state index is 11.2. The number of nitrogens with zero attached hydrogens (tertiary/aromatic N) is 1. The van der Waals surface area contributed by atoms with Crippen molar-refractivity contribution in [2.24, 2.45) is 10.9 Å². The minimum absolute atomic E-state index is 0.0225. The van der Waals surface area contributed by atoms with E-state index in [2.05, 4.69) is 10.5 Å². The van der Waals surface area contributed by atoms with Crippen LogP contribution >= 0.6 is 0 Å². The monoisotopic (exact) mass is 223 g/mol. The van der Waals surface area contributed by atoms with Gasteiger partial charge in [0.15, 0.2) is 15.7 Å². The van der Waals surface area contributed by atoms with Crippen molar-refractivity contribution in [3.63, 3.8) is 0 Å². The van der Waals surface area contributed by atoms with Crippen molar-refractivity contribution in [2.45, 2.75) is 18.6 Å². The molecule has 0 aliphatic carbocycles. The number of amidine groups is 1. The second kappa shape index (κ2) is 4.61. The maximum Gasteiger partial charge on any atom is 0.153 e. The van der Waals surface area contributed by atoms with Crippen molar-refractivity contribution < 1.29 is 13.6 Å². The van der Waals surface area contributed by atoms with E-state index >= 15 is 0 Å². The third-order valence-corrected chi connectivity index (χ3v) is 4.14. The van der Waals surface area contributed by atoms with Crippen molar-refractivity contribution in [3.8, 4) is 0 Å². The third-order valence-electron chi connectivity index (χ3n) is 1.99. The first-order valence-electron chi connectivity index (χ1n) is 4.07. The second-order valence-corrected chi connectivity index (χ2v) is 6.38. The van der Waals surface area contributed by atoms with Crippen LogP contribution in [0.3, 0.4) is 0 Å². The van der Waals surface area contributed by atoms with Crippen LogP contribution in [0.25, 0.3) is 0 Å². The SMILES string of the molecule is CC(C)(CNCC(N)=NO)S(C)(=O)=O. The van der Waals surface area contributed by atoms with E-state index in [4.69, 9.17) is 10.9 Å². The molecule has 0 saturated heterocycles. The Kier molecular flexibility index (Phi) is 4.34. The van der Waals surface area contributed by atoms with E-state index in [1.54, 1.807) is 13.8 Å². The van der Waals surface area contributed by atoms with Gasteiger partial charge in [-0.1, -0.05) is 5.16 Å². The summed E-state index contributed by atoms with van der Waals surface area (Å²) in [5.74, 6) is 0.0225. The van der Waals surface area contributed by atoms with Gasteiger partial charge in [0.2, 0.25) is 0 Å². The highest BCUT2D eigenvalue weighted by molar-refractivity contribution is 7.92. The number of hydrogen-bond acceptors (Lipinski definition) is 5. The first kappa shape index (κ1) is 13.2. The molecular weight excluding hydrogens is 206 g/mol. The van der Waals surface area contributed by atoms with E-state index in [1.807, 2.05) is 0 Å². The van der Waals surface area contributed by atoms with Gasteiger partial charge in [-0.3, -0.25) is 0 Å². The lowest BCUT2D eigenvalue weighted by molar-refractivity contribution is 0.317. The number of nitrogens with one attached hydrogen (secondary N) is 1. The number of hydrogen-bond donors (Lipinski definition) is 3. The summed E-state index contributed by atoms with van der Waals surface area (Å²) in [5.41, 5.74) is 5.20. The first-order chi connectivity index (χ1) is 6.20. The van der Waals surface area contributed by atoms with E-state index in [9.17, 15) is 8.42 Å². The molecule has 14 heavy (non-hydrogen) atoms. The van der Waals surface area contributed by atoms with Gasteiger partial charge in [-0.25, -0.2) is 8.42 Å². The smallest absolute Gasteiger partial charge is 0.153 e. The zero-order chi connectivity index (χ0) is 11.4. The van der Waals surface area contributed by atoms with Gasteiger partial charge >= 0.3 is 0 Å². The lowest BCUT2D eigenvalue weighted by Crippen LogP contribution is -2.44. The lowest BCUT2D eigenvalue weighted by Gasteiger charge is -2.22. The average Bonchev–Trinajstić information content (AvgIpc) is 2.01. The molecule has 84 valence electrons. The molecule has 0 aliphatic rings. The quantitative estimate of drug-likeness (QED) is 0.243. The number of nitrogens with two attached hydrogens (primary N) is 1. The Labute approximate surface area is 84.1 Å². The fraction of sp³-hybridized carbons (Fsp3) is 0.857. The fourth-order valence-electron chi connectivity index (χ4n) is 0.658. The van der Waals surface area contributed by atoms with E-state index in [1.165, 1.54) is 6.26 Å². The van der Waals surface area contributed by atoms with Gasteiger partial charge in [0.25, 0.3) is 0 Å². The molecule has 0 atom stereocenters. The molecule has 0 aliphatic heterocycles. The molecule has 0 fully saturated rings. The highest BCUT2D eigenvalue weighted by Gasteiger charge is 2.29. The highest BCUT2D eigenvalue weighted by atomic mass is 32.2. The lowest BCUT2D eigenvalue weighted by atomic mass is 10.2. The van der Waals surface area contributed by atoms with Gasteiger partial charge in [-0.05, 0) is 13.8 Å². The summed E-state index contributed by atoms with van der Waals surface area (Å²) >= 11 is 0. The maximum absolute atomic E-state index is 11.2. The molecule has 0 aromatic carbocycles. The van der Waals surface area contributed by atoms with Gasteiger partial charge in [-0.15, -0.1) is 0 Å². The van der Waals surface area contributed by atoms with Crippen molar-refractivity contribution in [1.29, 1.82) is 0 Å². The van der Waals surface area contributed by atoms with Crippen molar-refractivity contribution in [1.82, 2.24) is 5.32 Å². The van der Waals surface area contributed by atoms with Gasteiger partial charge in [0.1, 0.15) is 0 Å². The van der Waals surface area contributed by atoms with Gasteiger partial charge in [0, 0.05) is 12.8 Å². The normalized spacial score (nSPS) is 14.4. The van der Waals surface area contributed by atoms with Crippen LogP contribution in [-0.2, 0) is 9.84 Å². The Morgan fingerprint density at radius 1 is 1.57 bits per heavy atom. The van der Waals surface area contributed by atoms with Crippen LogP contribution in [0.2, 0.25) is 0 Å². The molecular formula is C7H17N3O3S. The van der Waals surface area contributed by atoms with Crippen LogP contribution in [0.5, 0.6) is 0 Å². The van der Waals surface area contributed by atoms with Crippen molar-refractivity contribution in [2.75, 3.05) is 19.3 Å².